The standard InChI is InChI=1S/C25H35NO3S/c1-18(2)22-13-14-23(19(3)4)25(15-22)30(28,29)26(16-20-9-6-5-7-10-20)24(17-27)21-11-8-12-21/h5-7,9-10,13-15,18-19,21,24,27H,8,11-12,16-17H2,1-4H3. The molecule has 1 fully saturated rings. The molecular formula is C25H35NO3S. The number of aliphatic hydroxyl groups excluding tert-OH is 1. The second-order valence-corrected chi connectivity index (χ2v) is 10.9. The lowest BCUT2D eigenvalue weighted by molar-refractivity contribution is 0.0942. The first-order valence-corrected chi connectivity index (χ1v) is 12.5. The summed E-state index contributed by atoms with van der Waals surface area (Å²) in [6, 6.07) is 15.1. The Morgan fingerprint density at radius 2 is 1.67 bits per heavy atom. The number of nitrogens with zero attached hydrogens (tertiary/aromatic N) is 1. The maximum atomic E-state index is 14.1. The van der Waals surface area contributed by atoms with Gasteiger partial charge in [-0.25, -0.2) is 8.42 Å². The molecule has 2 aromatic rings. The second kappa shape index (κ2) is 9.63. The normalized spacial score (nSPS) is 16.3. The molecule has 1 saturated carbocycles. The Balaban J connectivity index is 2.12. The van der Waals surface area contributed by atoms with Gasteiger partial charge in [0.2, 0.25) is 10.0 Å². The SMILES string of the molecule is CC(C)c1ccc(C(C)C)c(S(=O)(=O)N(Cc2ccccc2)C(CO)C2CCC2)c1. The van der Waals surface area contributed by atoms with E-state index in [-0.39, 0.29) is 30.9 Å². The molecule has 1 aliphatic rings. The predicted octanol–water partition coefficient (Wildman–Crippen LogP) is 5.29. The van der Waals surface area contributed by atoms with Crippen molar-refractivity contribution in [2.75, 3.05) is 6.61 Å². The van der Waals surface area contributed by atoms with Crippen LogP contribution in [0.4, 0.5) is 0 Å². The van der Waals surface area contributed by atoms with Crippen molar-refractivity contribution >= 4 is 10.0 Å². The Kier molecular flexibility index (Phi) is 7.38. The Morgan fingerprint density at radius 1 is 1.00 bits per heavy atom. The summed E-state index contributed by atoms with van der Waals surface area (Å²) in [4.78, 5) is 0.386. The van der Waals surface area contributed by atoms with Gasteiger partial charge in [0.05, 0.1) is 17.5 Å². The van der Waals surface area contributed by atoms with E-state index < -0.39 is 16.1 Å². The van der Waals surface area contributed by atoms with Gasteiger partial charge in [0, 0.05) is 6.54 Å². The van der Waals surface area contributed by atoms with Crippen LogP contribution in [0.2, 0.25) is 0 Å². The summed E-state index contributed by atoms with van der Waals surface area (Å²) in [5.74, 6) is 0.540. The molecule has 2 aromatic carbocycles. The first-order valence-electron chi connectivity index (χ1n) is 11.1. The summed E-state index contributed by atoms with van der Waals surface area (Å²) in [6.45, 7) is 8.33. The van der Waals surface area contributed by atoms with E-state index in [4.69, 9.17) is 0 Å². The fourth-order valence-electron chi connectivity index (χ4n) is 4.18. The molecule has 164 valence electrons. The van der Waals surface area contributed by atoms with Gasteiger partial charge >= 0.3 is 0 Å². The van der Waals surface area contributed by atoms with Crippen molar-refractivity contribution < 1.29 is 13.5 Å². The van der Waals surface area contributed by atoms with Crippen LogP contribution in [0.5, 0.6) is 0 Å². The van der Waals surface area contributed by atoms with E-state index in [1.165, 1.54) is 0 Å². The molecule has 0 amide bonds. The summed E-state index contributed by atoms with van der Waals surface area (Å²) in [5, 5.41) is 10.2. The summed E-state index contributed by atoms with van der Waals surface area (Å²) in [5.41, 5.74) is 2.79. The number of hydrogen-bond donors (Lipinski definition) is 1. The highest BCUT2D eigenvalue weighted by molar-refractivity contribution is 7.89. The van der Waals surface area contributed by atoms with Crippen molar-refractivity contribution in [2.24, 2.45) is 5.92 Å². The average Bonchev–Trinajstić information content (AvgIpc) is 2.69. The third-order valence-corrected chi connectivity index (χ3v) is 8.27. The van der Waals surface area contributed by atoms with E-state index in [0.29, 0.717) is 4.90 Å². The minimum absolute atomic E-state index is 0.0887. The van der Waals surface area contributed by atoms with Gasteiger partial charge in [0.25, 0.3) is 0 Å². The quantitative estimate of drug-likeness (QED) is 0.589. The van der Waals surface area contributed by atoms with Crippen molar-refractivity contribution in [3.63, 3.8) is 0 Å². The number of benzene rings is 2. The molecule has 1 atom stereocenters. The highest BCUT2D eigenvalue weighted by Crippen LogP contribution is 2.37. The lowest BCUT2D eigenvalue weighted by Gasteiger charge is -2.40. The zero-order valence-corrected chi connectivity index (χ0v) is 19.4. The van der Waals surface area contributed by atoms with Crippen molar-refractivity contribution in [2.45, 2.75) is 76.3 Å². The molecule has 3 rings (SSSR count). The van der Waals surface area contributed by atoms with Crippen LogP contribution in [0.25, 0.3) is 0 Å². The molecule has 5 heteroatoms. The van der Waals surface area contributed by atoms with Crippen LogP contribution in [-0.2, 0) is 16.6 Å². The molecule has 0 bridgehead atoms. The first-order chi connectivity index (χ1) is 14.3. The van der Waals surface area contributed by atoms with Gasteiger partial charge in [-0.2, -0.15) is 4.31 Å². The van der Waals surface area contributed by atoms with Crippen molar-refractivity contribution in [3.05, 3.63) is 65.2 Å². The predicted molar refractivity (Wildman–Crippen MR) is 122 cm³/mol. The van der Waals surface area contributed by atoms with Crippen molar-refractivity contribution in [1.29, 1.82) is 0 Å². The maximum Gasteiger partial charge on any atom is 0.244 e. The van der Waals surface area contributed by atoms with E-state index in [2.05, 4.69) is 13.8 Å². The van der Waals surface area contributed by atoms with Crippen LogP contribution < -0.4 is 0 Å². The third-order valence-electron chi connectivity index (χ3n) is 6.35. The highest BCUT2D eigenvalue weighted by atomic mass is 32.2. The van der Waals surface area contributed by atoms with Crippen LogP contribution in [0.3, 0.4) is 0 Å². The summed E-state index contributed by atoms with van der Waals surface area (Å²) in [6.07, 6.45) is 3.03. The minimum Gasteiger partial charge on any atom is -0.395 e. The third kappa shape index (κ3) is 4.79. The maximum absolute atomic E-state index is 14.1. The monoisotopic (exact) mass is 429 g/mol. The lowest BCUT2D eigenvalue weighted by Crippen LogP contribution is -2.48. The Hall–Kier alpha value is -1.69. The van der Waals surface area contributed by atoms with E-state index in [9.17, 15) is 13.5 Å². The zero-order valence-electron chi connectivity index (χ0n) is 18.6. The van der Waals surface area contributed by atoms with Crippen LogP contribution in [0.15, 0.2) is 53.4 Å². The molecule has 0 radical (unpaired) electrons. The topological polar surface area (TPSA) is 57.6 Å². The van der Waals surface area contributed by atoms with Gasteiger partial charge in [-0.3, -0.25) is 0 Å². The molecule has 1 N–H and O–H groups in total. The van der Waals surface area contributed by atoms with Crippen LogP contribution in [0, 0.1) is 5.92 Å². The van der Waals surface area contributed by atoms with Crippen LogP contribution >= 0.6 is 0 Å². The molecule has 1 unspecified atom stereocenters. The van der Waals surface area contributed by atoms with Gasteiger partial charge in [-0.15, -0.1) is 0 Å². The van der Waals surface area contributed by atoms with Crippen molar-refractivity contribution in [1.82, 2.24) is 4.31 Å². The molecule has 30 heavy (non-hydrogen) atoms. The van der Waals surface area contributed by atoms with Crippen LogP contribution in [-0.4, -0.2) is 30.5 Å². The number of hydrogen-bond acceptors (Lipinski definition) is 3. The van der Waals surface area contributed by atoms with Crippen LogP contribution in [0.1, 0.15) is 75.5 Å². The van der Waals surface area contributed by atoms with Gasteiger partial charge in [0.1, 0.15) is 0 Å². The summed E-state index contributed by atoms with van der Waals surface area (Å²) >= 11 is 0. The minimum atomic E-state index is -3.79. The largest absolute Gasteiger partial charge is 0.395 e. The highest BCUT2D eigenvalue weighted by Gasteiger charge is 2.39. The fourth-order valence-corrected chi connectivity index (χ4v) is 6.23. The van der Waals surface area contributed by atoms with Crippen molar-refractivity contribution in [3.8, 4) is 0 Å². The smallest absolute Gasteiger partial charge is 0.244 e. The Bertz CT molecular complexity index is 934. The van der Waals surface area contributed by atoms with E-state index in [1.807, 2.05) is 62.4 Å². The summed E-state index contributed by atoms with van der Waals surface area (Å²) < 4.78 is 29.8. The molecule has 0 heterocycles. The van der Waals surface area contributed by atoms with Gasteiger partial charge in [-0.1, -0.05) is 76.6 Å². The van der Waals surface area contributed by atoms with E-state index >= 15 is 0 Å². The first kappa shape index (κ1) is 23.0. The fraction of sp³-hybridized carbons (Fsp3) is 0.520. The number of sulfonamides is 1. The molecule has 4 nitrogen and oxygen atoms in total. The summed E-state index contributed by atoms with van der Waals surface area (Å²) in [7, 11) is -3.79. The molecule has 1 aliphatic carbocycles. The number of aliphatic hydroxyl groups is 1. The molecule has 0 spiro atoms. The van der Waals surface area contributed by atoms with E-state index in [1.54, 1.807) is 4.31 Å². The Morgan fingerprint density at radius 3 is 2.17 bits per heavy atom. The molecular weight excluding hydrogens is 394 g/mol. The second-order valence-electron chi connectivity index (χ2n) is 9.08. The van der Waals surface area contributed by atoms with Gasteiger partial charge in [0.15, 0.2) is 0 Å². The zero-order chi connectivity index (χ0) is 21.9. The van der Waals surface area contributed by atoms with Gasteiger partial charge < -0.3 is 5.11 Å². The molecule has 0 aromatic heterocycles. The number of rotatable bonds is 9. The lowest BCUT2D eigenvalue weighted by atomic mass is 9.80. The molecule has 0 aliphatic heterocycles. The van der Waals surface area contributed by atoms with Gasteiger partial charge in [-0.05, 0) is 53.4 Å². The Labute approximate surface area is 182 Å². The van der Waals surface area contributed by atoms with E-state index in [0.717, 1.165) is 36.0 Å². The molecule has 0 saturated heterocycles. The average molecular weight is 430 g/mol.